The van der Waals surface area contributed by atoms with Crippen LogP contribution in [-0.2, 0) is 9.53 Å². The van der Waals surface area contributed by atoms with Crippen LogP contribution in [0, 0.1) is 12.3 Å². The van der Waals surface area contributed by atoms with Gasteiger partial charge in [-0.2, -0.15) is 0 Å². The summed E-state index contributed by atoms with van der Waals surface area (Å²) in [5.74, 6) is 0.781. The maximum Gasteiger partial charge on any atom is 0.345 e. The molecule has 6 heteroatoms. The first-order chi connectivity index (χ1) is 18.8. The van der Waals surface area contributed by atoms with Crippen molar-refractivity contribution in [2.75, 3.05) is 13.2 Å². The molecule has 6 nitrogen and oxygen atoms in total. The number of rotatable bonds is 17. The number of carbonyl (C=O) groups is 1. The second kappa shape index (κ2) is 15.4. The zero-order valence-electron chi connectivity index (χ0n) is 24.2. The number of hydrogen-bond acceptors (Lipinski definition) is 6. The molecule has 39 heavy (non-hydrogen) atoms. The van der Waals surface area contributed by atoms with Gasteiger partial charge in [0.25, 0.3) is 0 Å². The molecule has 212 valence electrons. The lowest BCUT2D eigenvalue weighted by Gasteiger charge is -2.20. The Kier molecular flexibility index (Phi) is 12.0. The fraction of sp³-hybridized carbons (Fsp3) is 0.545. The highest BCUT2D eigenvalue weighted by Crippen LogP contribution is 2.26. The summed E-state index contributed by atoms with van der Waals surface area (Å²) in [7, 11) is 0. The maximum atomic E-state index is 12.4. The Morgan fingerprint density at radius 2 is 1.54 bits per heavy atom. The van der Waals surface area contributed by atoms with Gasteiger partial charge in [-0.3, -0.25) is 4.79 Å². The first-order valence-electron chi connectivity index (χ1n) is 14.6. The zero-order valence-corrected chi connectivity index (χ0v) is 24.2. The molecule has 0 N–H and O–H groups in total. The number of aromatic nitrogens is 1. The molecular weight excluding hydrogens is 490 g/mol. The highest BCUT2D eigenvalue weighted by molar-refractivity contribution is 5.79. The van der Waals surface area contributed by atoms with E-state index in [1.54, 1.807) is 6.20 Å². The molecule has 0 fully saturated rings. The number of fused-ring (bicyclic) bond motifs is 1. The molecule has 0 saturated heterocycles. The van der Waals surface area contributed by atoms with Crippen molar-refractivity contribution in [1.82, 2.24) is 4.98 Å². The van der Waals surface area contributed by atoms with Gasteiger partial charge in [-0.05, 0) is 81.5 Å². The topological polar surface area (TPSA) is 78.6 Å². The van der Waals surface area contributed by atoms with Crippen molar-refractivity contribution in [1.29, 1.82) is 0 Å². The predicted molar refractivity (Wildman–Crippen MR) is 157 cm³/mol. The van der Waals surface area contributed by atoms with Gasteiger partial charge < -0.3 is 13.9 Å². The molecule has 0 amide bonds. The fourth-order valence-corrected chi connectivity index (χ4v) is 4.44. The van der Waals surface area contributed by atoms with Crippen LogP contribution >= 0.6 is 0 Å². The molecule has 2 heterocycles. The van der Waals surface area contributed by atoms with Crippen molar-refractivity contribution < 1.29 is 18.7 Å². The number of pyridine rings is 1. The number of ether oxygens (including phenoxy) is 2. The lowest BCUT2D eigenvalue weighted by atomic mass is 9.91. The van der Waals surface area contributed by atoms with Crippen molar-refractivity contribution >= 4 is 17.1 Å². The van der Waals surface area contributed by atoms with E-state index >= 15 is 0 Å². The van der Waals surface area contributed by atoms with Crippen LogP contribution < -0.4 is 10.4 Å². The highest BCUT2D eigenvalue weighted by Gasteiger charge is 2.26. The lowest BCUT2D eigenvalue weighted by molar-refractivity contribution is -0.154. The molecule has 0 unspecified atom stereocenters. The van der Waals surface area contributed by atoms with Crippen LogP contribution in [-0.4, -0.2) is 24.2 Å². The fourth-order valence-electron chi connectivity index (χ4n) is 4.44. The minimum absolute atomic E-state index is 0.0749. The molecule has 3 rings (SSSR count). The molecular formula is C33H45NO5. The number of carbonyl (C=O) groups excluding carboxylic acids is 1. The van der Waals surface area contributed by atoms with Gasteiger partial charge in [-0.1, -0.05) is 64.4 Å². The molecule has 0 bridgehead atoms. The van der Waals surface area contributed by atoms with E-state index in [0.717, 1.165) is 47.9 Å². The van der Waals surface area contributed by atoms with E-state index in [2.05, 4.69) is 4.98 Å². The number of esters is 1. The SMILES string of the molecule is CCC(C)(C)C(=O)OCCCCCCCCCCCCOc1ccc(-c2cc3cccnc3oc2=O)cc1C. The summed E-state index contributed by atoms with van der Waals surface area (Å²) < 4.78 is 16.8. The van der Waals surface area contributed by atoms with Gasteiger partial charge in [0, 0.05) is 11.6 Å². The van der Waals surface area contributed by atoms with Crippen molar-refractivity contribution in [3.05, 3.63) is 58.6 Å². The Hall–Kier alpha value is -3.15. The third kappa shape index (κ3) is 9.52. The minimum atomic E-state index is -0.386. The second-order valence-corrected chi connectivity index (χ2v) is 11.1. The number of unbranched alkanes of at least 4 members (excludes halogenated alkanes) is 9. The van der Waals surface area contributed by atoms with E-state index in [4.69, 9.17) is 13.9 Å². The van der Waals surface area contributed by atoms with Crippen molar-refractivity contribution in [2.24, 2.45) is 5.41 Å². The largest absolute Gasteiger partial charge is 0.493 e. The number of nitrogens with zero attached hydrogens (tertiary/aromatic N) is 1. The quantitative estimate of drug-likeness (QED) is 0.127. The molecule has 0 atom stereocenters. The summed E-state index contributed by atoms with van der Waals surface area (Å²) in [6.07, 6.45) is 14.2. The van der Waals surface area contributed by atoms with Crippen LogP contribution in [0.4, 0.5) is 0 Å². The summed E-state index contributed by atoms with van der Waals surface area (Å²) in [6.45, 7) is 9.15. The van der Waals surface area contributed by atoms with E-state index in [1.807, 2.05) is 64.1 Å². The summed E-state index contributed by atoms with van der Waals surface area (Å²) in [5, 5.41) is 0.802. The van der Waals surface area contributed by atoms with E-state index in [1.165, 1.54) is 44.9 Å². The van der Waals surface area contributed by atoms with Gasteiger partial charge in [-0.25, -0.2) is 9.78 Å². The molecule has 0 radical (unpaired) electrons. The molecule has 0 aliphatic carbocycles. The van der Waals surface area contributed by atoms with E-state index in [-0.39, 0.29) is 17.0 Å². The van der Waals surface area contributed by atoms with Gasteiger partial charge in [0.15, 0.2) is 0 Å². The van der Waals surface area contributed by atoms with E-state index in [0.29, 0.717) is 24.5 Å². The first-order valence-corrected chi connectivity index (χ1v) is 14.6. The van der Waals surface area contributed by atoms with Crippen molar-refractivity contribution in [2.45, 2.75) is 98.3 Å². The van der Waals surface area contributed by atoms with Gasteiger partial charge >= 0.3 is 11.6 Å². The number of aryl methyl sites for hydroxylation is 1. The molecule has 0 aliphatic heterocycles. The average Bonchev–Trinajstić information content (AvgIpc) is 2.93. The van der Waals surface area contributed by atoms with Crippen molar-refractivity contribution in [3.63, 3.8) is 0 Å². The Morgan fingerprint density at radius 3 is 2.18 bits per heavy atom. The third-order valence-corrected chi connectivity index (χ3v) is 7.46. The predicted octanol–water partition coefficient (Wildman–Crippen LogP) is 8.42. The van der Waals surface area contributed by atoms with E-state index < -0.39 is 0 Å². The van der Waals surface area contributed by atoms with Crippen LogP contribution in [0.5, 0.6) is 5.75 Å². The van der Waals surface area contributed by atoms with Crippen LogP contribution in [0.1, 0.15) is 97.0 Å². The molecule has 0 spiro atoms. The molecule has 2 aromatic heterocycles. The normalized spacial score (nSPS) is 11.6. The van der Waals surface area contributed by atoms with Gasteiger partial charge in [-0.15, -0.1) is 0 Å². The highest BCUT2D eigenvalue weighted by atomic mass is 16.5. The molecule has 0 saturated carbocycles. The van der Waals surface area contributed by atoms with Gasteiger partial charge in [0.05, 0.1) is 24.2 Å². The summed E-state index contributed by atoms with van der Waals surface area (Å²) >= 11 is 0. The summed E-state index contributed by atoms with van der Waals surface area (Å²) in [4.78, 5) is 28.5. The second-order valence-electron chi connectivity index (χ2n) is 11.1. The van der Waals surface area contributed by atoms with Gasteiger partial charge in [0.2, 0.25) is 5.71 Å². The van der Waals surface area contributed by atoms with Crippen LogP contribution in [0.2, 0.25) is 0 Å². The third-order valence-electron chi connectivity index (χ3n) is 7.46. The van der Waals surface area contributed by atoms with Gasteiger partial charge in [0.1, 0.15) is 5.75 Å². The Morgan fingerprint density at radius 1 is 0.897 bits per heavy atom. The number of benzene rings is 1. The molecule has 3 aromatic rings. The zero-order chi connectivity index (χ0) is 28.1. The Labute approximate surface area is 233 Å². The molecule has 0 aliphatic rings. The molecule has 1 aromatic carbocycles. The Bertz CT molecular complexity index is 1250. The van der Waals surface area contributed by atoms with E-state index in [9.17, 15) is 9.59 Å². The Balaban J connectivity index is 1.23. The minimum Gasteiger partial charge on any atom is -0.493 e. The summed E-state index contributed by atoms with van der Waals surface area (Å²) in [5.41, 5.74) is 1.95. The van der Waals surface area contributed by atoms with Crippen LogP contribution in [0.25, 0.3) is 22.2 Å². The van der Waals surface area contributed by atoms with Crippen LogP contribution in [0.15, 0.2) is 51.8 Å². The standard InChI is InChI=1S/C33H45NO5/c1-5-33(3,4)32(36)38-22-15-13-11-9-7-6-8-10-12-14-21-37-29-19-18-26(23-25(29)2)28-24-27-17-16-20-34-30(27)39-31(28)35/h16-20,23-24H,5-15,21-22H2,1-4H3. The van der Waals surface area contributed by atoms with Crippen LogP contribution in [0.3, 0.4) is 0 Å². The van der Waals surface area contributed by atoms with Crippen molar-refractivity contribution in [3.8, 4) is 16.9 Å². The smallest absolute Gasteiger partial charge is 0.345 e. The monoisotopic (exact) mass is 535 g/mol. The lowest BCUT2D eigenvalue weighted by Crippen LogP contribution is -2.26. The maximum absolute atomic E-state index is 12.4. The average molecular weight is 536 g/mol. The first kappa shape index (κ1) is 30.4. The summed E-state index contributed by atoms with van der Waals surface area (Å²) in [6, 6.07) is 11.4. The number of hydrogen-bond donors (Lipinski definition) is 0.